The monoisotopic (exact) mass is 304 g/mol. The Kier molecular flexibility index (Phi) is 4.55. The van der Waals surface area contributed by atoms with Crippen molar-refractivity contribution in [2.75, 3.05) is 5.32 Å². The van der Waals surface area contributed by atoms with Gasteiger partial charge in [0.25, 0.3) is 5.69 Å². The van der Waals surface area contributed by atoms with Crippen molar-refractivity contribution in [3.05, 3.63) is 69.8 Å². The first-order valence-corrected chi connectivity index (χ1v) is 6.67. The van der Waals surface area contributed by atoms with E-state index in [0.29, 0.717) is 5.56 Å². The Morgan fingerprint density at radius 3 is 2.52 bits per heavy atom. The lowest BCUT2D eigenvalue weighted by molar-refractivity contribution is -0.384. The molecule has 0 bridgehead atoms. The Morgan fingerprint density at radius 2 is 1.90 bits per heavy atom. The summed E-state index contributed by atoms with van der Waals surface area (Å²) in [6.45, 7) is 1.74. The van der Waals surface area contributed by atoms with Crippen LogP contribution in [0.15, 0.2) is 48.5 Å². The molecule has 2 aromatic carbocycles. The number of rotatable bonds is 4. The molecule has 0 heterocycles. The number of nitro groups is 1. The first kappa shape index (κ1) is 15.0. The van der Waals surface area contributed by atoms with Gasteiger partial charge in [0.15, 0.2) is 0 Å². The molecular formula is C15H13ClN2O3. The summed E-state index contributed by atoms with van der Waals surface area (Å²) in [6, 6.07) is 13.4. The third-order valence-corrected chi connectivity index (χ3v) is 3.38. The van der Waals surface area contributed by atoms with Gasteiger partial charge in [-0.05, 0) is 24.1 Å². The average Bonchev–Trinajstić information content (AvgIpc) is 2.49. The van der Waals surface area contributed by atoms with Crippen molar-refractivity contribution in [2.24, 2.45) is 0 Å². The zero-order valence-corrected chi connectivity index (χ0v) is 12.0. The highest BCUT2D eigenvalue weighted by molar-refractivity contribution is 6.32. The number of carbonyl (C=O) groups excluding carboxylic acids is 1. The van der Waals surface area contributed by atoms with Gasteiger partial charge < -0.3 is 5.32 Å². The van der Waals surface area contributed by atoms with E-state index in [2.05, 4.69) is 5.32 Å². The highest BCUT2D eigenvalue weighted by atomic mass is 35.5. The van der Waals surface area contributed by atoms with Crippen LogP contribution in [-0.2, 0) is 4.79 Å². The van der Waals surface area contributed by atoms with Gasteiger partial charge in [0.2, 0.25) is 5.91 Å². The fraction of sp³-hybridized carbons (Fsp3) is 0.133. The van der Waals surface area contributed by atoms with E-state index in [0.717, 1.165) is 5.56 Å². The van der Waals surface area contributed by atoms with Crippen molar-refractivity contribution in [1.82, 2.24) is 0 Å². The van der Waals surface area contributed by atoms with Crippen LogP contribution in [0.1, 0.15) is 16.5 Å². The maximum Gasteiger partial charge on any atom is 0.293 e. The molecule has 0 aromatic heterocycles. The number of nitro benzene ring substituents is 1. The maximum atomic E-state index is 12.1. The molecule has 0 spiro atoms. The highest BCUT2D eigenvalue weighted by Gasteiger charge is 2.21. The Bertz CT molecular complexity index is 674. The molecule has 0 saturated heterocycles. The number of aryl methyl sites for hydroxylation is 1. The largest absolute Gasteiger partial charge is 0.319 e. The number of amides is 1. The fourth-order valence-corrected chi connectivity index (χ4v) is 2.07. The smallest absolute Gasteiger partial charge is 0.293 e. The minimum absolute atomic E-state index is 0.136. The molecule has 108 valence electrons. The molecule has 0 aliphatic rings. The molecule has 1 amide bonds. The SMILES string of the molecule is Cc1ccc(NC(=O)C(Cl)c2ccccc2)c([N+](=O)[O-])c1. The zero-order valence-electron chi connectivity index (χ0n) is 11.2. The summed E-state index contributed by atoms with van der Waals surface area (Å²) < 4.78 is 0. The van der Waals surface area contributed by atoms with Gasteiger partial charge in [-0.25, -0.2) is 0 Å². The van der Waals surface area contributed by atoms with Crippen LogP contribution >= 0.6 is 11.6 Å². The summed E-state index contributed by atoms with van der Waals surface area (Å²) in [4.78, 5) is 22.6. The summed E-state index contributed by atoms with van der Waals surface area (Å²) >= 11 is 6.09. The van der Waals surface area contributed by atoms with Crippen LogP contribution in [0.4, 0.5) is 11.4 Å². The zero-order chi connectivity index (χ0) is 15.4. The molecule has 0 aliphatic carbocycles. The van der Waals surface area contributed by atoms with E-state index >= 15 is 0 Å². The summed E-state index contributed by atoms with van der Waals surface area (Å²) in [6.07, 6.45) is 0. The number of carbonyl (C=O) groups is 1. The number of alkyl halides is 1. The second-order valence-electron chi connectivity index (χ2n) is 4.54. The number of nitrogens with one attached hydrogen (secondary N) is 1. The number of benzene rings is 2. The van der Waals surface area contributed by atoms with E-state index in [1.807, 2.05) is 6.07 Å². The molecule has 5 nitrogen and oxygen atoms in total. The Balaban J connectivity index is 2.22. The maximum absolute atomic E-state index is 12.1. The molecule has 1 unspecified atom stereocenters. The first-order chi connectivity index (χ1) is 9.99. The van der Waals surface area contributed by atoms with E-state index < -0.39 is 16.2 Å². The fourth-order valence-electron chi connectivity index (χ4n) is 1.87. The molecule has 2 aromatic rings. The van der Waals surface area contributed by atoms with E-state index in [1.54, 1.807) is 37.3 Å². The quantitative estimate of drug-likeness (QED) is 0.530. The number of nitrogens with zero attached hydrogens (tertiary/aromatic N) is 1. The van der Waals surface area contributed by atoms with Crippen LogP contribution in [0.5, 0.6) is 0 Å². The van der Waals surface area contributed by atoms with Crippen molar-refractivity contribution in [1.29, 1.82) is 0 Å². The second kappa shape index (κ2) is 6.37. The highest BCUT2D eigenvalue weighted by Crippen LogP contribution is 2.28. The van der Waals surface area contributed by atoms with Gasteiger partial charge >= 0.3 is 0 Å². The number of hydrogen-bond donors (Lipinski definition) is 1. The van der Waals surface area contributed by atoms with Gasteiger partial charge in [0.1, 0.15) is 11.1 Å². The molecule has 0 fully saturated rings. The van der Waals surface area contributed by atoms with Crippen LogP contribution in [-0.4, -0.2) is 10.8 Å². The van der Waals surface area contributed by atoms with Crippen LogP contribution in [0, 0.1) is 17.0 Å². The van der Waals surface area contributed by atoms with Gasteiger partial charge in [-0.1, -0.05) is 36.4 Å². The average molecular weight is 305 g/mol. The van der Waals surface area contributed by atoms with Crippen molar-refractivity contribution < 1.29 is 9.72 Å². The predicted octanol–water partition coefficient (Wildman–Crippen LogP) is 3.82. The molecule has 6 heteroatoms. The van der Waals surface area contributed by atoms with Gasteiger partial charge in [0, 0.05) is 6.07 Å². The molecule has 2 rings (SSSR count). The summed E-state index contributed by atoms with van der Waals surface area (Å²) in [5.74, 6) is -0.505. The minimum Gasteiger partial charge on any atom is -0.319 e. The lowest BCUT2D eigenvalue weighted by Gasteiger charge is -2.11. The van der Waals surface area contributed by atoms with Gasteiger partial charge in [-0.2, -0.15) is 0 Å². The molecule has 21 heavy (non-hydrogen) atoms. The van der Waals surface area contributed by atoms with E-state index in [-0.39, 0.29) is 11.4 Å². The second-order valence-corrected chi connectivity index (χ2v) is 4.98. The van der Waals surface area contributed by atoms with Crippen LogP contribution in [0.25, 0.3) is 0 Å². The molecule has 0 aliphatic heterocycles. The number of hydrogen-bond acceptors (Lipinski definition) is 3. The van der Waals surface area contributed by atoms with Crippen molar-refractivity contribution in [3.8, 4) is 0 Å². The third kappa shape index (κ3) is 3.58. The van der Waals surface area contributed by atoms with Gasteiger partial charge in [0.05, 0.1) is 4.92 Å². The number of anilines is 1. The predicted molar refractivity (Wildman–Crippen MR) is 81.5 cm³/mol. The number of halogens is 1. The molecular weight excluding hydrogens is 292 g/mol. The standard InChI is InChI=1S/C15H13ClN2O3/c1-10-7-8-12(13(9-10)18(20)21)17-15(19)14(16)11-5-3-2-4-6-11/h2-9,14H,1H3,(H,17,19). The molecule has 1 atom stereocenters. The Labute approximate surface area is 126 Å². The van der Waals surface area contributed by atoms with Crippen molar-refractivity contribution in [3.63, 3.8) is 0 Å². The van der Waals surface area contributed by atoms with Crippen molar-refractivity contribution >= 4 is 28.9 Å². The lowest BCUT2D eigenvalue weighted by Crippen LogP contribution is -2.18. The summed E-state index contributed by atoms with van der Waals surface area (Å²) in [5, 5.41) is 12.6. The van der Waals surface area contributed by atoms with Crippen LogP contribution < -0.4 is 5.32 Å². The molecule has 0 saturated carbocycles. The lowest BCUT2D eigenvalue weighted by atomic mass is 10.1. The third-order valence-electron chi connectivity index (χ3n) is 2.93. The summed E-state index contributed by atoms with van der Waals surface area (Å²) in [5.41, 5.74) is 1.36. The van der Waals surface area contributed by atoms with E-state index in [1.165, 1.54) is 12.1 Å². The van der Waals surface area contributed by atoms with Crippen LogP contribution in [0.3, 0.4) is 0 Å². The Hall–Kier alpha value is -2.40. The topological polar surface area (TPSA) is 72.2 Å². The normalized spacial score (nSPS) is 11.7. The van der Waals surface area contributed by atoms with Gasteiger partial charge in [-0.15, -0.1) is 11.6 Å². The molecule has 1 N–H and O–H groups in total. The Morgan fingerprint density at radius 1 is 1.24 bits per heavy atom. The van der Waals surface area contributed by atoms with E-state index in [9.17, 15) is 14.9 Å². The van der Waals surface area contributed by atoms with E-state index in [4.69, 9.17) is 11.6 Å². The van der Waals surface area contributed by atoms with Crippen molar-refractivity contribution in [2.45, 2.75) is 12.3 Å². The summed E-state index contributed by atoms with van der Waals surface area (Å²) in [7, 11) is 0. The first-order valence-electron chi connectivity index (χ1n) is 6.24. The van der Waals surface area contributed by atoms with Gasteiger partial charge in [-0.3, -0.25) is 14.9 Å². The molecule has 0 radical (unpaired) electrons. The van der Waals surface area contributed by atoms with Crippen LogP contribution in [0.2, 0.25) is 0 Å². The minimum atomic E-state index is -0.910.